The Labute approximate surface area is 510 Å². The molecule has 0 heterocycles. The second kappa shape index (κ2) is 69.0. The third-order valence-corrected chi connectivity index (χ3v) is 13.4. The molecule has 0 aliphatic carbocycles. The van der Waals surface area contributed by atoms with Crippen molar-refractivity contribution < 1.29 is 28.6 Å². The molecular weight excluding hydrogens is 1020 g/mol. The number of unbranched alkanes of at least 4 members (excludes halogenated alkanes) is 17. The SMILES string of the molecule is CC/C=C\C/C=C\C/C=C\C/C=C\C/C=C\C/C=C\C/C=C\C/C=C\CCCCCCC(=O)OCC(COC(=O)CCCCCCC/C=C\CCCCCC)OC(=O)CCCCCC/C=C\C/C=C\C/C=C\C/C=C\C/C=C\C/C=C\CC. The van der Waals surface area contributed by atoms with Gasteiger partial charge in [-0.15, -0.1) is 0 Å². The minimum Gasteiger partial charge on any atom is -0.462 e. The molecule has 464 valence electrons. The summed E-state index contributed by atoms with van der Waals surface area (Å²) in [4.78, 5) is 38.4. The molecule has 0 rings (SSSR count). The summed E-state index contributed by atoms with van der Waals surface area (Å²) in [5.74, 6) is -0.975. The molecule has 0 aromatic carbocycles. The van der Waals surface area contributed by atoms with Crippen LogP contribution in [-0.4, -0.2) is 37.2 Å². The molecule has 6 heteroatoms. The number of hydrogen-bond acceptors (Lipinski definition) is 6. The van der Waals surface area contributed by atoms with Crippen LogP contribution in [0.2, 0.25) is 0 Å². The number of carbonyl (C=O) groups is 3. The third-order valence-electron chi connectivity index (χ3n) is 13.4. The molecule has 0 fully saturated rings. The maximum atomic E-state index is 12.9. The zero-order valence-electron chi connectivity index (χ0n) is 53.1. The molecule has 0 bridgehead atoms. The van der Waals surface area contributed by atoms with E-state index in [4.69, 9.17) is 14.2 Å². The molecule has 0 aromatic heterocycles. The van der Waals surface area contributed by atoms with Crippen molar-refractivity contribution >= 4 is 17.9 Å². The summed E-state index contributed by atoms with van der Waals surface area (Å²) in [6, 6.07) is 0. The first-order chi connectivity index (χ1) is 41.0. The van der Waals surface area contributed by atoms with Gasteiger partial charge in [-0.25, -0.2) is 0 Å². The van der Waals surface area contributed by atoms with Gasteiger partial charge in [-0.1, -0.05) is 267 Å². The zero-order valence-corrected chi connectivity index (χ0v) is 53.1. The van der Waals surface area contributed by atoms with Gasteiger partial charge in [0, 0.05) is 19.3 Å². The number of rotatable bonds is 58. The molecule has 0 spiro atoms. The van der Waals surface area contributed by atoms with Gasteiger partial charge in [0.05, 0.1) is 0 Å². The van der Waals surface area contributed by atoms with Crippen LogP contribution in [0.5, 0.6) is 0 Å². The van der Waals surface area contributed by atoms with Gasteiger partial charge in [0.1, 0.15) is 13.2 Å². The molecule has 0 radical (unpaired) electrons. The first-order valence-corrected chi connectivity index (χ1v) is 33.3. The molecule has 0 aliphatic rings. The lowest BCUT2D eigenvalue weighted by atomic mass is 10.1. The van der Waals surface area contributed by atoms with Crippen LogP contribution < -0.4 is 0 Å². The summed E-state index contributed by atoms with van der Waals surface area (Å²) in [5.41, 5.74) is 0. The molecule has 6 nitrogen and oxygen atoms in total. The van der Waals surface area contributed by atoms with E-state index in [1.807, 2.05) is 0 Å². The van der Waals surface area contributed by atoms with Gasteiger partial charge < -0.3 is 14.2 Å². The Balaban J connectivity index is 4.48. The van der Waals surface area contributed by atoms with E-state index in [1.54, 1.807) is 0 Å². The Hall–Kier alpha value is -5.49. The van der Waals surface area contributed by atoms with Crippen LogP contribution in [0.15, 0.2) is 182 Å². The van der Waals surface area contributed by atoms with Gasteiger partial charge in [-0.05, 0) is 161 Å². The van der Waals surface area contributed by atoms with Gasteiger partial charge in [0.25, 0.3) is 0 Å². The van der Waals surface area contributed by atoms with E-state index in [1.165, 1.54) is 38.5 Å². The molecule has 0 saturated carbocycles. The van der Waals surface area contributed by atoms with Crippen LogP contribution in [0.1, 0.15) is 265 Å². The van der Waals surface area contributed by atoms with Gasteiger partial charge in [-0.2, -0.15) is 0 Å². The Morgan fingerprint density at radius 3 is 0.747 bits per heavy atom. The minimum absolute atomic E-state index is 0.110. The average molecular weight is 1140 g/mol. The van der Waals surface area contributed by atoms with Crippen LogP contribution in [0.4, 0.5) is 0 Å². The van der Waals surface area contributed by atoms with Gasteiger partial charge >= 0.3 is 17.9 Å². The molecule has 0 amide bonds. The predicted molar refractivity (Wildman–Crippen MR) is 361 cm³/mol. The standard InChI is InChI=1S/C77H120O6/c1-4-7-10-13-16-19-22-25-27-29-31-33-35-36-37-38-39-40-42-43-45-47-49-52-55-58-61-64-67-70-76(79)82-73-74(72-81-75(78)69-66-63-60-57-54-51-24-21-18-15-12-9-6-3)83-77(80)71-68-65-62-59-56-53-50-48-46-44-41-34-32-30-28-26-23-20-17-14-11-8-5-2/h7-8,10-11,16-17,19-21,24-28,31-34,36-37,39-40,43-46,49-50,52-53,74H,4-6,9,12-15,18,22-23,29-30,35,38,41-42,47-48,51,54-73H2,1-3H3/b10-7-,11-8-,19-16-,20-17-,24-21-,27-25-,28-26-,33-31-,34-32-,37-36-,40-39-,45-43-,46-44-,52-49-,53-50-. The number of carbonyl (C=O) groups excluding carboxylic acids is 3. The van der Waals surface area contributed by atoms with E-state index in [2.05, 4.69) is 203 Å². The summed E-state index contributed by atoms with van der Waals surface area (Å²) in [7, 11) is 0. The fraction of sp³-hybridized carbons (Fsp3) is 0.571. The topological polar surface area (TPSA) is 78.9 Å². The Bertz CT molecular complexity index is 1940. The van der Waals surface area contributed by atoms with Gasteiger partial charge in [0.2, 0.25) is 0 Å². The summed E-state index contributed by atoms with van der Waals surface area (Å²) >= 11 is 0. The largest absolute Gasteiger partial charge is 0.462 e. The molecule has 1 atom stereocenters. The number of hydrogen-bond donors (Lipinski definition) is 0. The monoisotopic (exact) mass is 1140 g/mol. The molecule has 0 saturated heterocycles. The van der Waals surface area contributed by atoms with Crippen molar-refractivity contribution in [1.82, 2.24) is 0 Å². The van der Waals surface area contributed by atoms with E-state index in [0.717, 1.165) is 186 Å². The van der Waals surface area contributed by atoms with Crippen molar-refractivity contribution in [2.75, 3.05) is 13.2 Å². The van der Waals surface area contributed by atoms with Crippen LogP contribution in [0.3, 0.4) is 0 Å². The van der Waals surface area contributed by atoms with Crippen LogP contribution in [-0.2, 0) is 28.6 Å². The van der Waals surface area contributed by atoms with E-state index in [0.29, 0.717) is 12.8 Å². The summed E-state index contributed by atoms with van der Waals surface area (Å²) in [6.07, 6.45) is 103. The number of ether oxygens (including phenoxy) is 3. The lowest BCUT2D eigenvalue weighted by Gasteiger charge is -2.18. The fourth-order valence-electron chi connectivity index (χ4n) is 8.46. The van der Waals surface area contributed by atoms with Crippen LogP contribution in [0, 0.1) is 0 Å². The van der Waals surface area contributed by atoms with Gasteiger partial charge in [0.15, 0.2) is 6.10 Å². The van der Waals surface area contributed by atoms with Crippen LogP contribution in [0.25, 0.3) is 0 Å². The van der Waals surface area contributed by atoms with Gasteiger partial charge in [-0.3, -0.25) is 14.4 Å². The van der Waals surface area contributed by atoms with E-state index >= 15 is 0 Å². The highest BCUT2D eigenvalue weighted by molar-refractivity contribution is 5.71. The van der Waals surface area contributed by atoms with Crippen molar-refractivity contribution in [3.63, 3.8) is 0 Å². The maximum Gasteiger partial charge on any atom is 0.306 e. The highest BCUT2D eigenvalue weighted by atomic mass is 16.6. The second-order valence-electron chi connectivity index (χ2n) is 21.3. The molecule has 0 N–H and O–H groups in total. The van der Waals surface area contributed by atoms with Crippen LogP contribution >= 0.6 is 0 Å². The van der Waals surface area contributed by atoms with Crippen molar-refractivity contribution in [1.29, 1.82) is 0 Å². The molecule has 83 heavy (non-hydrogen) atoms. The highest BCUT2D eigenvalue weighted by Crippen LogP contribution is 2.13. The summed E-state index contributed by atoms with van der Waals surface area (Å²) in [6.45, 7) is 6.34. The zero-order chi connectivity index (χ0) is 59.9. The average Bonchev–Trinajstić information content (AvgIpc) is 3.49. The Morgan fingerprint density at radius 1 is 0.253 bits per heavy atom. The number of allylic oxidation sites excluding steroid dienone is 30. The molecule has 0 aromatic rings. The predicted octanol–water partition coefficient (Wildman–Crippen LogP) is 23.2. The van der Waals surface area contributed by atoms with Crippen molar-refractivity contribution in [3.8, 4) is 0 Å². The highest BCUT2D eigenvalue weighted by Gasteiger charge is 2.19. The molecule has 1 unspecified atom stereocenters. The van der Waals surface area contributed by atoms with Crippen molar-refractivity contribution in [2.24, 2.45) is 0 Å². The minimum atomic E-state index is -0.818. The Morgan fingerprint density at radius 2 is 0.470 bits per heavy atom. The smallest absolute Gasteiger partial charge is 0.306 e. The Kier molecular flexibility index (Phi) is 64.4. The fourth-order valence-corrected chi connectivity index (χ4v) is 8.46. The quantitative estimate of drug-likeness (QED) is 0.0261. The lowest BCUT2D eigenvalue weighted by Crippen LogP contribution is -2.30. The summed E-state index contributed by atoms with van der Waals surface area (Å²) in [5, 5.41) is 0. The normalized spacial score (nSPS) is 13.3. The summed E-state index contributed by atoms with van der Waals surface area (Å²) < 4.78 is 16.9. The number of esters is 3. The first kappa shape index (κ1) is 77.5. The first-order valence-electron chi connectivity index (χ1n) is 33.3. The molecule has 0 aliphatic heterocycles. The van der Waals surface area contributed by atoms with Crippen molar-refractivity contribution in [2.45, 2.75) is 271 Å². The third kappa shape index (κ3) is 67.2. The maximum absolute atomic E-state index is 12.9. The van der Waals surface area contributed by atoms with E-state index in [9.17, 15) is 14.4 Å². The van der Waals surface area contributed by atoms with E-state index < -0.39 is 6.10 Å². The van der Waals surface area contributed by atoms with E-state index in [-0.39, 0.29) is 37.5 Å². The van der Waals surface area contributed by atoms with Crippen molar-refractivity contribution in [3.05, 3.63) is 182 Å². The lowest BCUT2D eigenvalue weighted by molar-refractivity contribution is -0.167. The second-order valence-corrected chi connectivity index (χ2v) is 21.3. The molecular formula is C77H120O6.